The lowest BCUT2D eigenvalue weighted by molar-refractivity contribution is 0.675. The van der Waals surface area contributed by atoms with Gasteiger partial charge in [0, 0.05) is 0 Å². The van der Waals surface area contributed by atoms with Crippen LogP contribution in [0.1, 0.15) is 130 Å². The number of rotatable bonds is 17. The second kappa shape index (κ2) is 19.3. The van der Waals surface area contributed by atoms with Crippen molar-refractivity contribution in [2.24, 2.45) is 0 Å². The molecule has 154 valence electrons. The van der Waals surface area contributed by atoms with Gasteiger partial charge in [0.1, 0.15) is 0 Å². The van der Waals surface area contributed by atoms with Crippen LogP contribution in [0.2, 0.25) is 0 Å². The van der Waals surface area contributed by atoms with Crippen molar-refractivity contribution in [1.29, 1.82) is 0 Å². The van der Waals surface area contributed by atoms with E-state index in [0.29, 0.717) is 0 Å². The van der Waals surface area contributed by atoms with Gasteiger partial charge in [0.05, 0.1) is 0 Å². The van der Waals surface area contributed by atoms with Crippen LogP contribution in [-0.2, 0) is 0 Å². The molecule has 26 heavy (non-hydrogen) atoms. The van der Waals surface area contributed by atoms with Crippen LogP contribution in [0, 0.1) is 0 Å². The molecule has 2 heteroatoms. The first-order valence-corrected chi connectivity index (χ1v) is 13.5. The number of hydrogen-bond donors (Lipinski definition) is 0. The van der Waals surface area contributed by atoms with Crippen LogP contribution in [-0.4, -0.2) is 0 Å². The van der Waals surface area contributed by atoms with E-state index in [2.05, 4.69) is 72.9 Å². The molecule has 0 amide bonds. The molecule has 0 saturated carbocycles. The Labute approximate surface area is 192 Å². The molecule has 0 spiro atoms. The second-order valence-corrected chi connectivity index (χ2v) is 10.2. The first-order chi connectivity index (χ1) is 12.6. The highest BCUT2D eigenvalue weighted by Gasteiger charge is 2.14. The van der Waals surface area contributed by atoms with Gasteiger partial charge in [-0.05, 0) is 115 Å². The summed E-state index contributed by atoms with van der Waals surface area (Å²) in [7, 11) is 0. The van der Waals surface area contributed by atoms with Gasteiger partial charge in [-0.3, -0.25) is 0 Å². The van der Waals surface area contributed by atoms with Crippen LogP contribution >= 0.6 is 45.2 Å². The summed E-state index contributed by atoms with van der Waals surface area (Å²) < 4.78 is 3.34. The first kappa shape index (κ1) is 26.9. The van der Waals surface area contributed by atoms with E-state index >= 15 is 0 Å². The summed E-state index contributed by atoms with van der Waals surface area (Å²) in [6, 6.07) is 0. The highest BCUT2D eigenvalue weighted by molar-refractivity contribution is 14.1. The monoisotopic (exact) mass is 586 g/mol. The van der Waals surface area contributed by atoms with Crippen molar-refractivity contribution in [2.45, 2.75) is 130 Å². The topological polar surface area (TPSA) is 0 Å². The van der Waals surface area contributed by atoms with Crippen LogP contribution in [0.15, 0.2) is 18.3 Å². The number of unbranched alkanes of at least 4 members (excludes halogenated alkanes) is 8. The van der Waals surface area contributed by atoms with E-state index in [0.717, 1.165) is 0 Å². The highest BCUT2D eigenvalue weighted by Crippen LogP contribution is 2.37. The molecule has 0 aliphatic heterocycles. The molecule has 0 heterocycles. The summed E-state index contributed by atoms with van der Waals surface area (Å²) in [6.45, 7) is 9.27. The van der Waals surface area contributed by atoms with E-state index < -0.39 is 0 Å². The molecule has 0 aliphatic carbocycles. The fourth-order valence-corrected chi connectivity index (χ4v) is 5.32. The third kappa shape index (κ3) is 13.2. The van der Waals surface area contributed by atoms with E-state index in [1.165, 1.54) is 103 Å². The molecule has 0 atom stereocenters. The minimum absolute atomic E-state index is 1.30. The zero-order valence-electron chi connectivity index (χ0n) is 18.1. The Bertz CT molecular complexity index is 355. The number of halogens is 2. The quantitative estimate of drug-likeness (QED) is 0.0904. The fraction of sp³-hybridized carbons (Fsp3) is 0.833. The van der Waals surface area contributed by atoms with Crippen LogP contribution in [0.3, 0.4) is 0 Å². The van der Waals surface area contributed by atoms with Crippen molar-refractivity contribution in [3.05, 3.63) is 18.3 Å². The average molecular weight is 586 g/mol. The van der Waals surface area contributed by atoms with Crippen molar-refractivity contribution < 1.29 is 0 Å². The second-order valence-electron chi connectivity index (χ2n) is 7.60. The van der Waals surface area contributed by atoms with Gasteiger partial charge in [-0.1, -0.05) is 79.1 Å². The van der Waals surface area contributed by atoms with Crippen molar-refractivity contribution in [3.63, 3.8) is 0 Å². The molecule has 0 aromatic carbocycles. The molecular weight excluding hydrogens is 542 g/mol. The van der Waals surface area contributed by atoms with E-state index in [1.807, 2.05) is 0 Å². The maximum absolute atomic E-state index is 2.69. The maximum atomic E-state index is 2.69. The Morgan fingerprint density at radius 1 is 0.423 bits per heavy atom. The Kier molecular flexibility index (Phi) is 20.0. The molecule has 0 N–H and O–H groups in total. The predicted octanol–water partition coefficient (Wildman–Crippen LogP) is 10.7. The first-order valence-electron chi connectivity index (χ1n) is 11.4. The smallest absolute Gasteiger partial charge is 0.00590 e. The third-order valence-electron chi connectivity index (χ3n) is 5.08. The molecule has 0 aromatic rings. The average Bonchev–Trinajstić information content (AvgIpc) is 2.63. The third-order valence-corrected chi connectivity index (χ3v) is 7.46. The van der Waals surface area contributed by atoms with E-state index in [4.69, 9.17) is 0 Å². The Morgan fingerprint density at radius 3 is 0.962 bits per heavy atom. The van der Waals surface area contributed by atoms with Gasteiger partial charge in [-0.25, -0.2) is 0 Å². The molecule has 0 radical (unpaired) electrons. The minimum atomic E-state index is 1.30. The van der Waals surface area contributed by atoms with Crippen LogP contribution in [0.25, 0.3) is 0 Å². The van der Waals surface area contributed by atoms with Gasteiger partial charge in [0.15, 0.2) is 0 Å². The number of hydrogen-bond acceptors (Lipinski definition) is 0. The van der Waals surface area contributed by atoms with Gasteiger partial charge in [-0.15, -0.1) is 0 Å². The van der Waals surface area contributed by atoms with Gasteiger partial charge in [0.25, 0.3) is 0 Å². The zero-order chi connectivity index (χ0) is 19.6. The molecule has 0 aliphatic rings. The molecule has 0 unspecified atom stereocenters. The van der Waals surface area contributed by atoms with Crippen molar-refractivity contribution in [2.75, 3.05) is 0 Å². The molecule has 0 fully saturated rings. The number of allylic oxidation sites excluding steroid dienone is 4. The Balaban J connectivity index is 5.42. The maximum Gasteiger partial charge on any atom is -0.00590 e. The summed E-state index contributed by atoms with van der Waals surface area (Å²) in [5, 5.41) is 0. The van der Waals surface area contributed by atoms with Crippen molar-refractivity contribution in [3.8, 4) is 0 Å². The summed E-state index contributed by atoms with van der Waals surface area (Å²) in [5.74, 6) is 0. The lowest BCUT2D eigenvalue weighted by Crippen LogP contribution is -1.98. The lowest BCUT2D eigenvalue weighted by Gasteiger charge is -2.19. The molecule has 0 saturated heterocycles. The van der Waals surface area contributed by atoms with Gasteiger partial charge < -0.3 is 0 Å². The summed E-state index contributed by atoms with van der Waals surface area (Å²) in [6.07, 6.45) is 21.4. The Hall–Kier alpha value is 0.940. The lowest BCUT2D eigenvalue weighted by atomic mass is 9.92. The van der Waals surface area contributed by atoms with Crippen LogP contribution in [0.5, 0.6) is 0 Å². The van der Waals surface area contributed by atoms with Crippen molar-refractivity contribution >= 4 is 45.2 Å². The van der Waals surface area contributed by atoms with E-state index in [-0.39, 0.29) is 0 Å². The Morgan fingerprint density at radius 2 is 0.692 bits per heavy atom. The highest BCUT2D eigenvalue weighted by atomic mass is 127. The van der Waals surface area contributed by atoms with Gasteiger partial charge in [0.2, 0.25) is 0 Å². The summed E-state index contributed by atoms with van der Waals surface area (Å²) >= 11 is 5.38. The largest absolute Gasteiger partial charge is 0.0654 e. The molecule has 0 nitrogen and oxygen atoms in total. The van der Waals surface area contributed by atoms with Crippen LogP contribution < -0.4 is 0 Å². The molecular formula is C24H44I2. The molecule has 0 aromatic heterocycles. The minimum Gasteiger partial charge on any atom is -0.0654 e. The van der Waals surface area contributed by atoms with Crippen molar-refractivity contribution in [1.82, 2.24) is 0 Å². The van der Waals surface area contributed by atoms with Crippen LogP contribution in [0.4, 0.5) is 0 Å². The SMILES string of the molecule is CCCCC/C(I)=C(CCCCC)/C(CCCCC)=C(\I)CCCCC. The molecule has 0 bridgehead atoms. The summed E-state index contributed by atoms with van der Waals surface area (Å²) in [4.78, 5) is 0. The summed E-state index contributed by atoms with van der Waals surface area (Å²) in [5.41, 5.74) is 3.49. The van der Waals surface area contributed by atoms with E-state index in [1.54, 1.807) is 18.3 Å². The normalized spacial score (nSPS) is 13.6. The predicted molar refractivity (Wildman–Crippen MR) is 139 cm³/mol. The van der Waals surface area contributed by atoms with E-state index in [9.17, 15) is 0 Å². The standard InChI is InChI=1S/C24H44I2/c1-5-9-13-17-21(23(25)19-15-11-7-3)22(18-14-10-6-2)24(26)20-16-12-8-4/h5-20H2,1-4H3/b23-21-,24-22-. The van der Waals surface area contributed by atoms with Gasteiger partial charge >= 0.3 is 0 Å². The van der Waals surface area contributed by atoms with Gasteiger partial charge in [-0.2, -0.15) is 0 Å². The molecule has 0 rings (SSSR count). The zero-order valence-corrected chi connectivity index (χ0v) is 22.4. The fourth-order valence-electron chi connectivity index (χ4n) is 3.37.